The van der Waals surface area contributed by atoms with Gasteiger partial charge in [0.15, 0.2) is 0 Å². The van der Waals surface area contributed by atoms with Gasteiger partial charge in [0.1, 0.15) is 8.96 Å². The van der Waals surface area contributed by atoms with Crippen molar-refractivity contribution in [1.82, 2.24) is 9.22 Å². The van der Waals surface area contributed by atoms with Gasteiger partial charge in [-0.3, -0.25) is 0 Å². The molecule has 0 fully saturated rings. The highest BCUT2D eigenvalue weighted by Gasteiger charge is 2.04. The fourth-order valence-corrected chi connectivity index (χ4v) is 4.11. The molecule has 1 unspecified atom stereocenters. The molecule has 3 heteroatoms. The van der Waals surface area contributed by atoms with Crippen LogP contribution in [0.1, 0.15) is 58.3 Å². The number of rotatable bonds is 10. The van der Waals surface area contributed by atoms with Gasteiger partial charge in [-0.2, -0.15) is 0 Å². The van der Waals surface area contributed by atoms with Crippen LogP contribution in [0.4, 0.5) is 0 Å². The molecule has 1 rings (SSSR count). The van der Waals surface area contributed by atoms with Crippen LogP contribution in [0.15, 0.2) is 18.7 Å². The first kappa shape index (κ1) is 14.5. The number of unbranched alkanes of at least 4 members (excludes halogenated alkanes) is 7. The quantitative estimate of drug-likeness (QED) is 0.450. The van der Waals surface area contributed by atoms with E-state index in [9.17, 15) is 0 Å². The van der Waals surface area contributed by atoms with Crippen molar-refractivity contribution < 1.29 is 0 Å². The average molecular weight is 252 g/mol. The predicted molar refractivity (Wildman–Crippen MR) is 78.1 cm³/mol. The second-order valence-corrected chi connectivity index (χ2v) is 7.99. The van der Waals surface area contributed by atoms with Crippen LogP contribution >= 0.6 is 0 Å². The van der Waals surface area contributed by atoms with Gasteiger partial charge in [-0.1, -0.05) is 64.8 Å². The molecule has 0 saturated carbocycles. The summed E-state index contributed by atoms with van der Waals surface area (Å²) in [6, 6.07) is 1.42. The minimum absolute atomic E-state index is 0.727. The summed E-state index contributed by atoms with van der Waals surface area (Å²) in [6.45, 7) is 4.70. The minimum Gasteiger partial charge on any atom is -0.368 e. The Labute approximate surface area is 108 Å². The lowest BCUT2D eigenvalue weighted by atomic mass is 10.1. The molecule has 17 heavy (non-hydrogen) atoms. The second kappa shape index (κ2) is 9.46. The molecule has 1 heterocycles. The Morgan fingerprint density at radius 2 is 1.65 bits per heavy atom. The van der Waals surface area contributed by atoms with Crippen molar-refractivity contribution in [3.8, 4) is 0 Å². The Morgan fingerprint density at radius 3 is 2.24 bits per heavy atom. The van der Waals surface area contributed by atoms with E-state index in [4.69, 9.17) is 0 Å². The van der Waals surface area contributed by atoms with Gasteiger partial charge in [-0.15, -0.1) is 0 Å². The number of imidazole rings is 1. The highest BCUT2D eigenvalue weighted by Crippen LogP contribution is 2.11. The lowest BCUT2D eigenvalue weighted by Gasteiger charge is -2.10. The van der Waals surface area contributed by atoms with E-state index >= 15 is 0 Å². The maximum Gasteiger partial charge on any atom is 0.144 e. The van der Waals surface area contributed by atoms with Crippen molar-refractivity contribution in [3.05, 3.63) is 18.7 Å². The largest absolute Gasteiger partial charge is 0.368 e. The minimum atomic E-state index is -0.727. The molecule has 1 atom stereocenters. The summed E-state index contributed by atoms with van der Waals surface area (Å²) in [4.78, 5) is 4.13. The van der Waals surface area contributed by atoms with E-state index < -0.39 is 8.96 Å². The highest BCUT2D eigenvalue weighted by atomic mass is 28.3. The third-order valence-corrected chi connectivity index (χ3v) is 6.08. The molecule has 1 aromatic rings. The van der Waals surface area contributed by atoms with E-state index in [2.05, 4.69) is 28.9 Å². The highest BCUT2D eigenvalue weighted by molar-refractivity contribution is 6.55. The van der Waals surface area contributed by atoms with Crippen LogP contribution < -0.4 is 0 Å². The van der Waals surface area contributed by atoms with Crippen LogP contribution in [-0.2, 0) is 0 Å². The first-order chi connectivity index (χ1) is 8.34. The van der Waals surface area contributed by atoms with Gasteiger partial charge in [-0.05, 0) is 6.04 Å². The van der Waals surface area contributed by atoms with Crippen molar-refractivity contribution in [2.75, 3.05) is 0 Å². The Balaban J connectivity index is 1.90. The molecule has 1 aromatic heterocycles. The van der Waals surface area contributed by atoms with Crippen molar-refractivity contribution >= 4 is 8.96 Å². The molecule has 0 aliphatic rings. The normalized spacial score (nSPS) is 12.8. The van der Waals surface area contributed by atoms with Crippen LogP contribution in [0.2, 0.25) is 12.6 Å². The van der Waals surface area contributed by atoms with E-state index in [1.54, 1.807) is 0 Å². The molecule has 0 aromatic carbocycles. The van der Waals surface area contributed by atoms with Crippen LogP contribution in [0.3, 0.4) is 0 Å². The number of hydrogen-bond acceptors (Lipinski definition) is 1. The maximum atomic E-state index is 4.13. The fourth-order valence-electron chi connectivity index (χ4n) is 2.25. The van der Waals surface area contributed by atoms with Gasteiger partial charge in [0, 0.05) is 12.4 Å². The first-order valence-corrected chi connectivity index (χ1v) is 9.80. The van der Waals surface area contributed by atoms with Gasteiger partial charge in [0.05, 0.1) is 6.33 Å². The van der Waals surface area contributed by atoms with E-state index in [-0.39, 0.29) is 0 Å². The van der Waals surface area contributed by atoms with E-state index in [0.29, 0.717) is 0 Å². The third kappa shape index (κ3) is 6.67. The van der Waals surface area contributed by atoms with Gasteiger partial charge >= 0.3 is 0 Å². The Morgan fingerprint density at radius 1 is 1.00 bits per heavy atom. The Hall–Kier alpha value is -0.573. The standard InChI is InChI=1S/C14H28N2Si/c1-3-4-5-6-7-8-9-10-13-17(2)16-12-11-15-14-16/h11-12,14,17H,3-10,13H2,1-2H3. The van der Waals surface area contributed by atoms with Crippen molar-refractivity contribution in [3.63, 3.8) is 0 Å². The van der Waals surface area contributed by atoms with E-state index in [1.807, 2.05) is 12.5 Å². The molecule has 0 bridgehead atoms. The fraction of sp³-hybridized carbons (Fsp3) is 0.786. The van der Waals surface area contributed by atoms with Crippen molar-refractivity contribution in [2.45, 2.75) is 70.9 Å². The number of hydrogen-bond donors (Lipinski definition) is 0. The van der Waals surface area contributed by atoms with Gasteiger partial charge < -0.3 is 4.23 Å². The summed E-state index contributed by atoms with van der Waals surface area (Å²) < 4.78 is 2.35. The molecule has 2 nitrogen and oxygen atoms in total. The monoisotopic (exact) mass is 252 g/mol. The predicted octanol–water partition coefficient (Wildman–Crippen LogP) is 4.23. The van der Waals surface area contributed by atoms with Crippen LogP contribution in [0.25, 0.3) is 0 Å². The summed E-state index contributed by atoms with van der Waals surface area (Å²) in [5.74, 6) is 0. The molecule has 0 aliphatic heterocycles. The number of aromatic nitrogens is 2. The molecule has 0 amide bonds. The lowest BCUT2D eigenvalue weighted by molar-refractivity contribution is 0.584. The summed E-state index contributed by atoms with van der Waals surface area (Å²) >= 11 is 0. The number of nitrogens with zero attached hydrogens (tertiary/aromatic N) is 2. The molecule has 0 radical (unpaired) electrons. The second-order valence-electron chi connectivity index (χ2n) is 5.12. The SMILES string of the molecule is CCCCCCCCCC[SiH](C)n1ccnc1. The Kier molecular flexibility index (Phi) is 8.06. The summed E-state index contributed by atoms with van der Waals surface area (Å²) in [5, 5.41) is 0. The third-order valence-electron chi connectivity index (χ3n) is 3.51. The Bertz CT molecular complexity index is 259. The van der Waals surface area contributed by atoms with Crippen LogP contribution in [-0.4, -0.2) is 18.2 Å². The zero-order chi connectivity index (χ0) is 12.3. The lowest BCUT2D eigenvalue weighted by Crippen LogP contribution is -2.17. The summed E-state index contributed by atoms with van der Waals surface area (Å²) in [5.41, 5.74) is 0. The van der Waals surface area contributed by atoms with Crippen LogP contribution in [0, 0.1) is 0 Å². The molecular weight excluding hydrogens is 224 g/mol. The van der Waals surface area contributed by atoms with Gasteiger partial charge in [0.25, 0.3) is 0 Å². The van der Waals surface area contributed by atoms with E-state index in [0.717, 1.165) is 0 Å². The van der Waals surface area contributed by atoms with Gasteiger partial charge in [0.2, 0.25) is 0 Å². The average Bonchev–Trinajstić information content (AvgIpc) is 2.86. The topological polar surface area (TPSA) is 17.8 Å². The molecular formula is C14H28N2Si. The van der Waals surface area contributed by atoms with Gasteiger partial charge in [-0.25, -0.2) is 4.98 Å². The summed E-state index contributed by atoms with van der Waals surface area (Å²) in [6.07, 6.45) is 17.4. The molecule has 0 N–H and O–H groups in total. The zero-order valence-corrected chi connectivity index (χ0v) is 12.7. The van der Waals surface area contributed by atoms with Crippen molar-refractivity contribution in [1.29, 1.82) is 0 Å². The summed E-state index contributed by atoms with van der Waals surface area (Å²) in [7, 11) is -0.727. The molecule has 0 spiro atoms. The maximum absolute atomic E-state index is 4.13. The molecule has 0 aliphatic carbocycles. The molecule has 0 saturated heterocycles. The van der Waals surface area contributed by atoms with E-state index in [1.165, 1.54) is 57.4 Å². The first-order valence-electron chi connectivity index (χ1n) is 7.32. The van der Waals surface area contributed by atoms with Crippen LogP contribution in [0.5, 0.6) is 0 Å². The smallest absolute Gasteiger partial charge is 0.144 e. The molecule has 98 valence electrons. The van der Waals surface area contributed by atoms with Crippen molar-refractivity contribution in [2.24, 2.45) is 0 Å². The zero-order valence-electron chi connectivity index (χ0n) is 11.6.